The van der Waals surface area contributed by atoms with Crippen molar-refractivity contribution in [2.24, 2.45) is 0 Å². The monoisotopic (exact) mass is 414 g/mol. The molecule has 0 amide bonds. The highest BCUT2D eigenvalue weighted by Crippen LogP contribution is 2.28. The lowest BCUT2D eigenvalue weighted by molar-refractivity contribution is 0.228. The number of nitrogens with two attached hydrogens (primary N) is 1. The van der Waals surface area contributed by atoms with Gasteiger partial charge in [0.1, 0.15) is 11.6 Å². The molecule has 1 atom stereocenters. The van der Waals surface area contributed by atoms with Gasteiger partial charge in [0.2, 0.25) is 5.95 Å². The third kappa shape index (κ3) is 5.19. The minimum Gasteiger partial charge on any atom is -0.496 e. The van der Waals surface area contributed by atoms with E-state index >= 15 is 0 Å². The molecule has 2 heterocycles. The van der Waals surface area contributed by atoms with Crippen LogP contribution < -0.4 is 15.8 Å². The molecule has 1 aromatic carbocycles. The summed E-state index contributed by atoms with van der Waals surface area (Å²) in [6, 6.07) is 5.52. The number of hydrogen-bond donors (Lipinski definition) is 5. The molecule has 160 valence electrons. The van der Waals surface area contributed by atoms with Crippen LogP contribution in [0.1, 0.15) is 34.6 Å². The maximum Gasteiger partial charge on any atom is 0.222 e. The Morgan fingerprint density at radius 2 is 2.07 bits per heavy atom. The summed E-state index contributed by atoms with van der Waals surface area (Å²) >= 11 is 0. The van der Waals surface area contributed by atoms with Gasteiger partial charge in [0.25, 0.3) is 0 Å². The number of nitrogens with one attached hydrogen (secondary N) is 2. The molecule has 3 aromatic rings. The summed E-state index contributed by atoms with van der Waals surface area (Å²) in [6.45, 7) is 1.65. The first-order chi connectivity index (χ1) is 14.5. The molecule has 0 fully saturated rings. The lowest BCUT2D eigenvalue weighted by Gasteiger charge is -2.20. The Hall–Kier alpha value is -3.31. The van der Waals surface area contributed by atoms with Crippen LogP contribution in [0.15, 0.2) is 18.2 Å². The van der Waals surface area contributed by atoms with Gasteiger partial charge in [0.05, 0.1) is 19.8 Å². The smallest absolute Gasteiger partial charge is 0.222 e. The van der Waals surface area contributed by atoms with Gasteiger partial charge in [0.15, 0.2) is 5.82 Å². The molecule has 11 heteroatoms. The van der Waals surface area contributed by atoms with Crippen molar-refractivity contribution in [2.75, 3.05) is 31.4 Å². The van der Waals surface area contributed by atoms with Crippen molar-refractivity contribution in [2.45, 2.75) is 32.2 Å². The van der Waals surface area contributed by atoms with Crippen LogP contribution in [0.5, 0.6) is 5.75 Å². The Balaban J connectivity index is 1.94. The fourth-order valence-corrected chi connectivity index (χ4v) is 3.22. The average molecular weight is 414 g/mol. The minimum absolute atomic E-state index is 0.0565. The van der Waals surface area contributed by atoms with Gasteiger partial charge in [-0.15, -0.1) is 10.2 Å². The van der Waals surface area contributed by atoms with Gasteiger partial charge in [-0.05, 0) is 30.5 Å². The second-order valence-corrected chi connectivity index (χ2v) is 6.86. The number of aliphatic hydroxyl groups is 2. The molecule has 0 aliphatic carbocycles. The molecule has 0 aliphatic heterocycles. The van der Waals surface area contributed by atoms with Crippen LogP contribution in [0.3, 0.4) is 0 Å². The number of tetrazole rings is 1. The number of nitrogen functional groups attached to an aromatic ring is 1. The second-order valence-electron chi connectivity index (χ2n) is 6.86. The number of anilines is 2. The van der Waals surface area contributed by atoms with Gasteiger partial charge in [-0.2, -0.15) is 10.2 Å². The third-order valence-corrected chi connectivity index (χ3v) is 4.73. The number of H-pyrrole nitrogens is 1. The summed E-state index contributed by atoms with van der Waals surface area (Å²) in [5, 5.41) is 36.0. The zero-order chi connectivity index (χ0) is 21.5. The van der Waals surface area contributed by atoms with Crippen molar-refractivity contribution in [3.05, 3.63) is 46.4 Å². The van der Waals surface area contributed by atoms with E-state index in [1.54, 1.807) is 7.11 Å². The lowest BCUT2D eigenvalue weighted by atomic mass is 9.99. The molecule has 0 saturated heterocycles. The van der Waals surface area contributed by atoms with E-state index in [1.807, 2.05) is 25.1 Å². The summed E-state index contributed by atoms with van der Waals surface area (Å²) in [5.41, 5.74) is 9.33. The number of rotatable bonds is 10. The first-order valence-corrected chi connectivity index (χ1v) is 9.53. The normalized spacial score (nSPS) is 12.0. The number of aromatic nitrogens is 6. The molecule has 6 N–H and O–H groups in total. The Morgan fingerprint density at radius 1 is 1.23 bits per heavy atom. The summed E-state index contributed by atoms with van der Waals surface area (Å²) in [4.78, 5) is 8.62. The van der Waals surface area contributed by atoms with E-state index in [9.17, 15) is 10.2 Å². The Kier molecular flexibility index (Phi) is 7.09. The van der Waals surface area contributed by atoms with Crippen molar-refractivity contribution in [1.29, 1.82) is 0 Å². The predicted octanol–water partition coefficient (Wildman–Crippen LogP) is 0.226. The van der Waals surface area contributed by atoms with Gasteiger partial charge in [-0.1, -0.05) is 17.3 Å². The zero-order valence-electron chi connectivity index (χ0n) is 17.0. The maximum atomic E-state index is 9.59. The van der Waals surface area contributed by atoms with Crippen LogP contribution >= 0.6 is 0 Å². The standard InChI is InChI=1S/C19H26N8O3/c1-11-15(18(23-19(20)21-11)22-14(10-29)5-6-28)9-13-7-12(3-4-16(13)30-2)8-17-24-26-27-25-17/h3-4,7,14,28-29H,5-6,8-10H2,1-2H3,(H3,20,21,22,23)(H,24,25,26,27)/t14-/m0/s1. The van der Waals surface area contributed by atoms with E-state index in [0.29, 0.717) is 30.9 Å². The molecular formula is C19H26N8O3. The van der Waals surface area contributed by atoms with E-state index in [2.05, 4.69) is 35.9 Å². The molecule has 30 heavy (non-hydrogen) atoms. The van der Waals surface area contributed by atoms with Crippen LogP contribution in [0, 0.1) is 6.92 Å². The molecule has 0 unspecified atom stereocenters. The molecule has 3 rings (SSSR count). The van der Waals surface area contributed by atoms with Crippen molar-refractivity contribution < 1.29 is 14.9 Å². The highest BCUT2D eigenvalue weighted by molar-refractivity contribution is 5.54. The third-order valence-electron chi connectivity index (χ3n) is 4.73. The molecule has 0 radical (unpaired) electrons. The van der Waals surface area contributed by atoms with E-state index in [0.717, 1.165) is 28.1 Å². The van der Waals surface area contributed by atoms with Crippen molar-refractivity contribution >= 4 is 11.8 Å². The number of aryl methyl sites for hydroxylation is 1. The first-order valence-electron chi connectivity index (χ1n) is 9.53. The lowest BCUT2D eigenvalue weighted by Crippen LogP contribution is -2.27. The Labute approximate surface area is 173 Å². The quantitative estimate of drug-likeness (QED) is 0.309. The van der Waals surface area contributed by atoms with Crippen LogP contribution in [0.25, 0.3) is 0 Å². The van der Waals surface area contributed by atoms with Crippen molar-refractivity contribution in [3.8, 4) is 5.75 Å². The van der Waals surface area contributed by atoms with Gasteiger partial charge in [-0.3, -0.25) is 0 Å². The van der Waals surface area contributed by atoms with Crippen LogP contribution in [-0.4, -0.2) is 67.2 Å². The summed E-state index contributed by atoms with van der Waals surface area (Å²) in [7, 11) is 1.62. The Bertz CT molecular complexity index is 965. The predicted molar refractivity (Wildman–Crippen MR) is 110 cm³/mol. The largest absolute Gasteiger partial charge is 0.496 e. The topological polar surface area (TPSA) is 168 Å². The molecular weight excluding hydrogens is 388 g/mol. The SMILES string of the molecule is COc1ccc(Cc2nn[nH]n2)cc1Cc1c(C)nc(N)nc1N[C@H](CO)CCO. The Morgan fingerprint density at radius 3 is 2.73 bits per heavy atom. The molecule has 11 nitrogen and oxygen atoms in total. The second kappa shape index (κ2) is 9.94. The number of aliphatic hydroxyl groups excluding tert-OH is 2. The fourth-order valence-electron chi connectivity index (χ4n) is 3.22. The van der Waals surface area contributed by atoms with Gasteiger partial charge in [0, 0.05) is 30.7 Å². The number of benzene rings is 1. The van der Waals surface area contributed by atoms with E-state index in [4.69, 9.17) is 10.5 Å². The first kappa shape index (κ1) is 21.4. The molecule has 0 bridgehead atoms. The summed E-state index contributed by atoms with van der Waals surface area (Å²) < 4.78 is 5.54. The number of methoxy groups -OCH3 is 1. The highest BCUT2D eigenvalue weighted by atomic mass is 16.5. The van der Waals surface area contributed by atoms with Crippen LogP contribution in [0.2, 0.25) is 0 Å². The summed E-state index contributed by atoms with van der Waals surface area (Å²) in [6.07, 6.45) is 1.39. The van der Waals surface area contributed by atoms with Crippen LogP contribution in [0.4, 0.5) is 11.8 Å². The molecule has 0 spiro atoms. The average Bonchev–Trinajstić information content (AvgIpc) is 3.23. The number of nitrogens with zero attached hydrogens (tertiary/aromatic N) is 5. The number of hydrogen-bond acceptors (Lipinski definition) is 10. The van der Waals surface area contributed by atoms with E-state index in [-0.39, 0.29) is 25.2 Å². The molecule has 0 saturated carbocycles. The van der Waals surface area contributed by atoms with Gasteiger partial charge in [-0.25, -0.2) is 4.98 Å². The van der Waals surface area contributed by atoms with Gasteiger partial charge >= 0.3 is 0 Å². The van der Waals surface area contributed by atoms with Crippen molar-refractivity contribution in [3.63, 3.8) is 0 Å². The van der Waals surface area contributed by atoms with E-state index in [1.165, 1.54) is 0 Å². The molecule has 2 aromatic heterocycles. The van der Waals surface area contributed by atoms with E-state index < -0.39 is 0 Å². The molecule has 0 aliphatic rings. The highest BCUT2D eigenvalue weighted by Gasteiger charge is 2.17. The van der Waals surface area contributed by atoms with Crippen LogP contribution in [-0.2, 0) is 12.8 Å². The van der Waals surface area contributed by atoms with Crippen molar-refractivity contribution in [1.82, 2.24) is 30.6 Å². The van der Waals surface area contributed by atoms with Gasteiger partial charge < -0.3 is 26.0 Å². The number of aromatic amines is 1. The minimum atomic E-state index is -0.353. The maximum absolute atomic E-state index is 9.59. The fraction of sp³-hybridized carbons (Fsp3) is 0.421. The number of ether oxygens (including phenoxy) is 1. The summed E-state index contributed by atoms with van der Waals surface area (Å²) in [5.74, 6) is 1.98. The zero-order valence-corrected chi connectivity index (χ0v) is 17.0.